The van der Waals surface area contributed by atoms with Gasteiger partial charge >= 0.3 is 5.97 Å². The molecule has 0 radical (unpaired) electrons. The van der Waals surface area contributed by atoms with E-state index in [4.69, 9.17) is 19.6 Å². The lowest BCUT2D eigenvalue weighted by Crippen LogP contribution is -2.59. The highest BCUT2D eigenvalue weighted by molar-refractivity contribution is 5.67. The van der Waals surface area contributed by atoms with Crippen LogP contribution in [0.5, 0.6) is 0 Å². The summed E-state index contributed by atoms with van der Waals surface area (Å²) in [6.07, 6.45) is 9.82. The Bertz CT molecular complexity index is 480. The van der Waals surface area contributed by atoms with E-state index in [2.05, 4.69) is 0 Å². The van der Waals surface area contributed by atoms with Crippen LogP contribution in [-0.2, 0) is 19.3 Å². The Labute approximate surface area is 136 Å². The molecule has 1 aliphatic heterocycles. The van der Waals surface area contributed by atoms with E-state index in [0.29, 0.717) is 11.8 Å². The van der Waals surface area contributed by atoms with Crippen molar-refractivity contribution in [3.63, 3.8) is 0 Å². The molecule has 1 N–H and O–H groups in total. The first-order chi connectivity index (χ1) is 11.1. The number of hydrogen-bond donors (Lipinski definition) is 1. The summed E-state index contributed by atoms with van der Waals surface area (Å²) in [6.45, 7) is 0. The molecule has 2 spiro atoms. The molecule has 0 unspecified atom stereocenters. The molecule has 6 rings (SSSR count). The van der Waals surface area contributed by atoms with Crippen LogP contribution < -0.4 is 0 Å². The first-order valence-corrected chi connectivity index (χ1v) is 9.36. The van der Waals surface area contributed by atoms with Gasteiger partial charge in [-0.25, -0.2) is 0 Å². The second kappa shape index (κ2) is 4.93. The van der Waals surface area contributed by atoms with E-state index >= 15 is 0 Å². The van der Waals surface area contributed by atoms with Gasteiger partial charge in [-0.3, -0.25) is 4.79 Å². The number of hydrogen-bond acceptors (Lipinski definition) is 4. The predicted octanol–water partition coefficient (Wildman–Crippen LogP) is 3.48. The third-order valence-electron chi connectivity index (χ3n) is 7.28. The highest BCUT2D eigenvalue weighted by atomic mass is 17.3. The number of aliphatic carboxylic acids is 1. The molecule has 5 saturated carbocycles. The van der Waals surface area contributed by atoms with E-state index in [1.165, 1.54) is 32.1 Å². The topological polar surface area (TPSA) is 65.0 Å². The Morgan fingerprint density at radius 2 is 1.57 bits per heavy atom. The molecule has 5 aliphatic carbocycles. The molecule has 1 heterocycles. The van der Waals surface area contributed by atoms with Crippen LogP contribution in [0.3, 0.4) is 0 Å². The molecule has 6 aliphatic rings. The normalized spacial score (nSPS) is 54.2. The van der Waals surface area contributed by atoms with Gasteiger partial charge < -0.3 is 9.84 Å². The Hall–Kier alpha value is -0.650. The third kappa shape index (κ3) is 2.19. The zero-order chi connectivity index (χ0) is 15.7. The molecule has 0 atom stereocenters. The molecule has 0 aromatic carbocycles. The maximum Gasteiger partial charge on any atom is 0.303 e. The maximum absolute atomic E-state index is 10.9. The number of ether oxygens (including phenoxy) is 1. The van der Waals surface area contributed by atoms with Crippen LogP contribution in [0.4, 0.5) is 0 Å². The first-order valence-electron chi connectivity index (χ1n) is 9.36. The van der Waals surface area contributed by atoms with Crippen molar-refractivity contribution in [1.82, 2.24) is 0 Å². The summed E-state index contributed by atoms with van der Waals surface area (Å²) in [7, 11) is 0. The zero-order valence-electron chi connectivity index (χ0n) is 13.5. The van der Waals surface area contributed by atoms with E-state index in [1.807, 2.05) is 0 Å². The molecular formula is C18H26O5. The van der Waals surface area contributed by atoms with Crippen molar-refractivity contribution in [3.05, 3.63) is 0 Å². The molecule has 0 amide bonds. The summed E-state index contributed by atoms with van der Waals surface area (Å²) in [4.78, 5) is 22.7. The second-order valence-electron chi connectivity index (χ2n) is 8.75. The smallest absolute Gasteiger partial charge is 0.303 e. The minimum atomic E-state index is -0.701. The molecule has 0 aromatic heterocycles. The van der Waals surface area contributed by atoms with Crippen molar-refractivity contribution in [2.75, 3.05) is 0 Å². The van der Waals surface area contributed by atoms with Gasteiger partial charge in [0.05, 0.1) is 0 Å². The van der Waals surface area contributed by atoms with Gasteiger partial charge in [0.15, 0.2) is 0 Å². The van der Waals surface area contributed by atoms with E-state index in [-0.39, 0.29) is 12.3 Å². The molecule has 23 heavy (non-hydrogen) atoms. The summed E-state index contributed by atoms with van der Waals surface area (Å²) < 4.78 is 6.62. The van der Waals surface area contributed by atoms with Gasteiger partial charge in [-0.05, 0) is 62.7 Å². The second-order valence-corrected chi connectivity index (χ2v) is 8.75. The Balaban J connectivity index is 1.31. The number of carbonyl (C=O) groups is 1. The number of carboxylic acid groups (broad SMARTS) is 1. The van der Waals surface area contributed by atoms with Crippen LogP contribution in [0, 0.1) is 29.6 Å². The average Bonchev–Trinajstić information content (AvgIpc) is 2.87. The van der Waals surface area contributed by atoms with Crippen LogP contribution in [0.15, 0.2) is 0 Å². The lowest BCUT2D eigenvalue weighted by Gasteiger charge is -2.57. The number of carboxylic acids is 1. The van der Waals surface area contributed by atoms with Crippen molar-refractivity contribution in [2.45, 2.75) is 75.8 Å². The molecule has 5 nitrogen and oxygen atoms in total. The standard InChI is InChI=1S/C18H26O5/c19-16(20)10-11-1-3-17(4-2-11)21-18(23-22-17)14-6-12-5-13(8-14)9-15(18)7-12/h11-15H,1-10H2,(H,19,20)/t11-,12?,13?,14?,15?,17-,18?. The maximum atomic E-state index is 10.9. The molecule has 4 bridgehead atoms. The molecule has 0 aromatic rings. The summed E-state index contributed by atoms with van der Waals surface area (Å²) in [5, 5.41) is 8.97. The minimum Gasteiger partial charge on any atom is -0.481 e. The summed E-state index contributed by atoms with van der Waals surface area (Å²) >= 11 is 0. The highest BCUT2D eigenvalue weighted by Crippen LogP contribution is 2.63. The summed E-state index contributed by atoms with van der Waals surface area (Å²) in [5.74, 6) is 1.19. The number of rotatable bonds is 2. The zero-order valence-corrected chi connectivity index (χ0v) is 13.5. The van der Waals surface area contributed by atoms with Crippen LogP contribution in [0.1, 0.15) is 64.2 Å². The first kappa shape index (κ1) is 14.7. The van der Waals surface area contributed by atoms with Gasteiger partial charge in [0.1, 0.15) is 0 Å². The fourth-order valence-electron chi connectivity index (χ4n) is 6.36. The summed E-state index contributed by atoms with van der Waals surface area (Å²) in [5.41, 5.74) is 0. The van der Waals surface area contributed by atoms with Crippen molar-refractivity contribution in [2.24, 2.45) is 29.6 Å². The molecule has 5 heteroatoms. The average molecular weight is 322 g/mol. The lowest BCUT2D eigenvalue weighted by atomic mass is 9.53. The van der Waals surface area contributed by atoms with Gasteiger partial charge in [0.2, 0.25) is 11.6 Å². The van der Waals surface area contributed by atoms with Crippen LogP contribution in [0.2, 0.25) is 0 Å². The summed E-state index contributed by atoms with van der Waals surface area (Å²) in [6, 6.07) is 0. The van der Waals surface area contributed by atoms with Crippen molar-refractivity contribution >= 4 is 5.97 Å². The highest BCUT2D eigenvalue weighted by Gasteiger charge is 2.66. The van der Waals surface area contributed by atoms with E-state index in [0.717, 1.165) is 37.5 Å². The van der Waals surface area contributed by atoms with E-state index < -0.39 is 17.5 Å². The SMILES string of the molecule is O=C(O)C[C@H]1CC[C@@]2(CC1)OOC1(O2)C2CC3CC(C2)CC1C3. The third-order valence-corrected chi connectivity index (χ3v) is 7.28. The Kier molecular flexibility index (Phi) is 3.14. The van der Waals surface area contributed by atoms with Crippen LogP contribution >= 0.6 is 0 Å². The quantitative estimate of drug-likeness (QED) is 0.789. The van der Waals surface area contributed by atoms with Crippen molar-refractivity contribution < 1.29 is 24.4 Å². The Morgan fingerprint density at radius 3 is 2.13 bits per heavy atom. The van der Waals surface area contributed by atoms with Crippen LogP contribution in [0.25, 0.3) is 0 Å². The van der Waals surface area contributed by atoms with Gasteiger partial charge in [-0.1, -0.05) is 0 Å². The van der Waals surface area contributed by atoms with Gasteiger partial charge in [0.25, 0.3) is 0 Å². The fraction of sp³-hybridized carbons (Fsp3) is 0.944. The molecular weight excluding hydrogens is 296 g/mol. The molecule has 128 valence electrons. The van der Waals surface area contributed by atoms with Gasteiger partial charge in [-0.15, -0.1) is 0 Å². The van der Waals surface area contributed by atoms with E-state index in [9.17, 15) is 4.79 Å². The largest absolute Gasteiger partial charge is 0.481 e. The van der Waals surface area contributed by atoms with Gasteiger partial charge in [0, 0.05) is 31.1 Å². The minimum absolute atomic E-state index is 0.250. The Morgan fingerprint density at radius 1 is 0.957 bits per heavy atom. The van der Waals surface area contributed by atoms with Crippen LogP contribution in [-0.4, -0.2) is 22.7 Å². The van der Waals surface area contributed by atoms with E-state index in [1.54, 1.807) is 0 Å². The fourth-order valence-corrected chi connectivity index (χ4v) is 6.36. The predicted molar refractivity (Wildman–Crippen MR) is 80.0 cm³/mol. The molecule has 1 saturated heterocycles. The van der Waals surface area contributed by atoms with Gasteiger partial charge in [-0.2, -0.15) is 9.78 Å². The van der Waals surface area contributed by atoms with Crippen molar-refractivity contribution in [3.8, 4) is 0 Å². The lowest BCUT2D eigenvalue weighted by molar-refractivity contribution is -0.390. The molecule has 6 fully saturated rings. The monoisotopic (exact) mass is 322 g/mol. The van der Waals surface area contributed by atoms with Crippen molar-refractivity contribution in [1.29, 1.82) is 0 Å².